The average Bonchev–Trinajstić information content (AvgIpc) is 2.37. The fourth-order valence-corrected chi connectivity index (χ4v) is 3.29. The summed E-state index contributed by atoms with van der Waals surface area (Å²) in [7, 11) is 0. The van der Waals surface area contributed by atoms with Crippen LogP contribution in [0.5, 0.6) is 0 Å². The molecule has 2 N–H and O–H groups in total. The minimum absolute atomic E-state index is 0.123. The molecule has 1 fully saturated rings. The largest absolute Gasteiger partial charge is 0.389 e. The third kappa shape index (κ3) is 3.36. The third-order valence-corrected chi connectivity index (χ3v) is 4.62. The number of halogens is 1. The fraction of sp³-hybridized carbons (Fsp3) is 0.562. The topological polar surface area (TPSA) is 29.3 Å². The van der Waals surface area contributed by atoms with E-state index in [-0.39, 0.29) is 10.8 Å². The summed E-state index contributed by atoms with van der Waals surface area (Å²) in [5.41, 5.74) is 6.99. The Labute approximate surface area is 126 Å². The molecule has 3 unspecified atom stereocenters. The smallest absolute Gasteiger partial charge is 0.133 e. The molecule has 20 heavy (non-hydrogen) atoms. The summed E-state index contributed by atoms with van der Waals surface area (Å²) >= 11 is 4.90. The highest BCUT2D eigenvalue weighted by atomic mass is 32.1. The Morgan fingerprint density at radius 3 is 2.75 bits per heavy atom. The average molecular weight is 294 g/mol. The quantitative estimate of drug-likeness (QED) is 0.867. The van der Waals surface area contributed by atoms with Crippen LogP contribution in [-0.4, -0.2) is 22.5 Å². The minimum Gasteiger partial charge on any atom is -0.389 e. The number of rotatable bonds is 3. The van der Waals surface area contributed by atoms with Crippen LogP contribution in [0.2, 0.25) is 0 Å². The Morgan fingerprint density at radius 1 is 1.40 bits per heavy atom. The molecule has 1 heterocycles. The molecule has 0 saturated carbocycles. The van der Waals surface area contributed by atoms with Crippen LogP contribution in [0.15, 0.2) is 18.2 Å². The maximum absolute atomic E-state index is 13.6. The van der Waals surface area contributed by atoms with Crippen molar-refractivity contribution in [3.8, 4) is 0 Å². The van der Waals surface area contributed by atoms with Crippen molar-refractivity contribution in [1.29, 1.82) is 0 Å². The number of hydrogen-bond donors (Lipinski definition) is 1. The summed E-state index contributed by atoms with van der Waals surface area (Å²) in [6, 6.07) is 5.62. The van der Waals surface area contributed by atoms with Crippen molar-refractivity contribution < 1.29 is 4.39 Å². The monoisotopic (exact) mass is 294 g/mol. The van der Waals surface area contributed by atoms with E-state index < -0.39 is 0 Å². The Kier molecular flexibility index (Phi) is 4.76. The second kappa shape index (κ2) is 6.19. The van der Waals surface area contributed by atoms with E-state index in [1.807, 2.05) is 6.07 Å². The second-order valence-electron chi connectivity index (χ2n) is 6.17. The van der Waals surface area contributed by atoms with Crippen LogP contribution in [0, 0.1) is 17.7 Å². The SMILES string of the molecule is CC1CC(C)C(C)N(Cc2ccc(F)c(C(N)=S)c2)C1. The first-order valence-electron chi connectivity index (χ1n) is 7.20. The molecule has 0 amide bonds. The van der Waals surface area contributed by atoms with E-state index in [9.17, 15) is 4.39 Å². The van der Waals surface area contributed by atoms with Gasteiger partial charge in [-0.05, 0) is 42.9 Å². The van der Waals surface area contributed by atoms with Crippen LogP contribution >= 0.6 is 12.2 Å². The van der Waals surface area contributed by atoms with Crippen molar-refractivity contribution in [3.63, 3.8) is 0 Å². The van der Waals surface area contributed by atoms with Gasteiger partial charge < -0.3 is 5.73 Å². The lowest BCUT2D eigenvalue weighted by Gasteiger charge is -2.41. The number of thiocarbonyl (C=S) groups is 1. The van der Waals surface area contributed by atoms with Gasteiger partial charge >= 0.3 is 0 Å². The third-order valence-electron chi connectivity index (χ3n) is 4.40. The maximum atomic E-state index is 13.6. The van der Waals surface area contributed by atoms with Gasteiger partial charge in [-0.15, -0.1) is 0 Å². The number of nitrogens with two attached hydrogens (primary N) is 1. The highest BCUT2D eigenvalue weighted by Gasteiger charge is 2.28. The predicted molar refractivity (Wildman–Crippen MR) is 85.1 cm³/mol. The van der Waals surface area contributed by atoms with Gasteiger partial charge in [0.15, 0.2) is 0 Å². The van der Waals surface area contributed by atoms with Gasteiger partial charge in [0, 0.05) is 24.7 Å². The van der Waals surface area contributed by atoms with Gasteiger partial charge in [-0.2, -0.15) is 0 Å². The van der Waals surface area contributed by atoms with Crippen molar-refractivity contribution in [3.05, 3.63) is 35.1 Å². The summed E-state index contributed by atoms with van der Waals surface area (Å²) in [5.74, 6) is 1.06. The van der Waals surface area contributed by atoms with Crippen molar-refractivity contribution in [1.82, 2.24) is 4.90 Å². The van der Waals surface area contributed by atoms with E-state index >= 15 is 0 Å². The van der Waals surface area contributed by atoms with Crippen LogP contribution in [0.3, 0.4) is 0 Å². The number of hydrogen-bond acceptors (Lipinski definition) is 2. The van der Waals surface area contributed by atoms with Gasteiger partial charge in [-0.25, -0.2) is 4.39 Å². The summed E-state index contributed by atoms with van der Waals surface area (Å²) in [6.07, 6.45) is 1.28. The highest BCUT2D eigenvalue weighted by Crippen LogP contribution is 2.28. The number of piperidine rings is 1. The highest BCUT2D eigenvalue weighted by molar-refractivity contribution is 7.80. The van der Waals surface area contributed by atoms with Crippen molar-refractivity contribution in [2.24, 2.45) is 17.6 Å². The molecule has 2 nitrogen and oxygen atoms in total. The van der Waals surface area contributed by atoms with Gasteiger partial charge in [0.25, 0.3) is 0 Å². The van der Waals surface area contributed by atoms with Gasteiger partial charge in [-0.3, -0.25) is 4.90 Å². The lowest BCUT2D eigenvalue weighted by Crippen LogP contribution is -2.45. The van der Waals surface area contributed by atoms with Crippen LogP contribution in [-0.2, 0) is 6.54 Å². The lowest BCUT2D eigenvalue weighted by atomic mass is 9.85. The molecule has 0 spiro atoms. The van der Waals surface area contributed by atoms with Crippen molar-refractivity contribution in [2.75, 3.05) is 6.54 Å². The molecule has 2 rings (SSSR count). The number of nitrogens with zero attached hydrogens (tertiary/aromatic N) is 1. The molecular formula is C16H23FN2S. The molecule has 1 aliphatic rings. The minimum atomic E-state index is -0.338. The van der Waals surface area contributed by atoms with Gasteiger partial charge in [0.2, 0.25) is 0 Å². The fourth-order valence-electron chi connectivity index (χ4n) is 3.14. The zero-order valence-electron chi connectivity index (χ0n) is 12.4. The van der Waals surface area contributed by atoms with Crippen LogP contribution < -0.4 is 5.73 Å². The van der Waals surface area contributed by atoms with Crippen LogP contribution in [0.1, 0.15) is 38.3 Å². The summed E-state index contributed by atoms with van der Waals surface area (Å²) < 4.78 is 13.6. The van der Waals surface area contributed by atoms with Crippen molar-refractivity contribution >= 4 is 17.2 Å². The first-order chi connectivity index (χ1) is 9.38. The molecule has 1 saturated heterocycles. The molecule has 0 aromatic heterocycles. The van der Waals surface area contributed by atoms with Gasteiger partial charge in [0.05, 0.1) is 0 Å². The molecule has 110 valence electrons. The summed E-state index contributed by atoms with van der Waals surface area (Å²) in [6.45, 7) is 8.78. The molecule has 0 radical (unpaired) electrons. The van der Waals surface area contributed by atoms with E-state index in [0.717, 1.165) is 18.7 Å². The van der Waals surface area contributed by atoms with E-state index in [0.29, 0.717) is 23.4 Å². The Morgan fingerprint density at radius 2 is 2.10 bits per heavy atom. The Hall–Kier alpha value is -1.00. The molecule has 0 bridgehead atoms. The second-order valence-corrected chi connectivity index (χ2v) is 6.61. The zero-order chi connectivity index (χ0) is 14.9. The van der Waals surface area contributed by atoms with E-state index in [1.54, 1.807) is 6.07 Å². The molecule has 4 heteroatoms. The molecule has 0 aliphatic carbocycles. The van der Waals surface area contributed by atoms with E-state index in [4.69, 9.17) is 18.0 Å². The van der Waals surface area contributed by atoms with Gasteiger partial charge in [-0.1, -0.05) is 32.1 Å². The molecule has 1 aromatic carbocycles. The van der Waals surface area contributed by atoms with Crippen LogP contribution in [0.4, 0.5) is 4.39 Å². The maximum Gasteiger partial charge on any atom is 0.133 e. The van der Waals surface area contributed by atoms with E-state index in [2.05, 4.69) is 25.7 Å². The lowest BCUT2D eigenvalue weighted by molar-refractivity contribution is 0.0729. The Balaban J connectivity index is 2.17. The summed E-state index contributed by atoms with van der Waals surface area (Å²) in [4.78, 5) is 2.59. The molecular weight excluding hydrogens is 271 g/mol. The van der Waals surface area contributed by atoms with E-state index in [1.165, 1.54) is 12.5 Å². The van der Waals surface area contributed by atoms with Crippen LogP contribution in [0.25, 0.3) is 0 Å². The Bertz CT molecular complexity index is 503. The predicted octanol–water partition coefficient (Wildman–Crippen LogP) is 3.33. The first-order valence-corrected chi connectivity index (χ1v) is 7.61. The van der Waals surface area contributed by atoms with Crippen molar-refractivity contribution in [2.45, 2.75) is 39.8 Å². The first kappa shape index (κ1) is 15.4. The normalized spacial score (nSPS) is 27.5. The number of benzene rings is 1. The standard InChI is InChI=1S/C16H23FN2S/c1-10-6-11(2)12(3)19(8-10)9-13-4-5-15(17)14(7-13)16(18)20/h4-5,7,10-12H,6,8-9H2,1-3H3,(H2,18,20). The molecule has 3 atom stereocenters. The zero-order valence-corrected chi connectivity index (χ0v) is 13.2. The molecule has 1 aliphatic heterocycles. The number of likely N-dealkylation sites (tertiary alicyclic amines) is 1. The van der Waals surface area contributed by atoms with Gasteiger partial charge in [0.1, 0.15) is 10.8 Å². The summed E-state index contributed by atoms with van der Waals surface area (Å²) in [5, 5.41) is 0. The molecule has 1 aromatic rings.